The molecule has 1 aromatic carbocycles. The summed E-state index contributed by atoms with van der Waals surface area (Å²) < 4.78 is 5.83. The van der Waals surface area contributed by atoms with E-state index >= 15 is 0 Å². The van der Waals surface area contributed by atoms with Crippen molar-refractivity contribution in [2.75, 3.05) is 19.7 Å². The van der Waals surface area contributed by atoms with Crippen molar-refractivity contribution in [1.29, 1.82) is 0 Å². The molecule has 1 aliphatic carbocycles. The highest BCUT2D eigenvalue weighted by Gasteiger charge is 2.30. The number of hydrogen-bond acceptors (Lipinski definition) is 4. The van der Waals surface area contributed by atoms with E-state index in [-0.39, 0.29) is 37.1 Å². The molecule has 1 N–H and O–H groups in total. The third-order valence-electron chi connectivity index (χ3n) is 5.25. The molecule has 0 unspecified atom stereocenters. The summed E-state index contributed by atoms with van der Waals surface area (Å²) in [4.78, 5) is 37.8. The average Bonchev–Trinajstić information content (AvgIpc) is 2.68. The second-order valence-electron chi connectivity index (χ2n) is 7.27. The molecular weight excluding hydrogens is 344 g/mol. The summed E-state index contributed by atoms with van der Waals surface area (Å²) in [6.45, 7) is 1.33. The largest absolute Gasteiger partial charge is 0.378 e. The zero-order valence-corrected chi connectivity index (χ0v) is 15.7. The molecule has 0 aromatic heterocycles. The highest BCUT2D eigenvalue weighted by Crippen LogP contribution is 2.20. The molecule has 0 atom stereocenters. The molecule has 1 fully saturated rings. The van der Waals surface area contributed by atoms with E-state index in [1.54, 1.807) is 18.2 Å². The summed E-state index contributed by atoms with van der Waals surface area (Å²) in [6, 6.07) is 7.13. The Morgan fingerprint density at radius 1 is 1.15 bits per heavy atom. The molecule has 1 saturated carbocycles. The zero-order chi connectivity index (χ0) is 19.1. The van der Waals surface area contributed by atoms with Gasteiger partial charge >= 0.3 is 0 Å². The van der Waals surface area contributed by atoms with Gasteiger partial charge in [-0.1, -0.05) is 37.5 Å². The second-order valence-corrected chi connectivity index (χ2v) is 7.27. The first kappa shape index (κ1) is 19.5. The van der Waals surface area contributed by atoms with Crippen LogP contribution in [0.25, 0.3) is 0 Å². The number of benzene rings is 1. The van der Waals surface area contributed by atoms with E-state index in [2.05, 4.69) is 5.32 Å². The van der Waals surface area contributed by atoms with Crippen LogP contribution in [-0.2, 0) is 20.7 Å². The lowest BCUT2D eigenvalue weighted by Crippen LogP contribution is -2.44. The van der Waals surface area contributed by atoms with E-state index in [0.717, 1.165) is 24.8 Å². The minimum absolute atomic E-state index is 0.121. The molecule has 0 radical (unpaired) electrons. The topological polar surface area (TPSA) is 75.7 Å². The summed E-state index contributed by atoms with van der Waals surface area (Å²) in [5, 5.41) is 2.84. The summed E-state index contributed by atoms with van der Waals surface area (Å²) >= 11 is 0. The van der Waals surface area contributed by atoms with Crippen LogP contribution in [0.5, 0.6) is 0 Å². The average molecular weight is 372 g/mol. The van der Waals surface area contributed by atoms with Crippen LogP contribution in [0.1, 0.15) is 60.9 Å². The molecule has 2 aliphatic rings. The first-order valence-electron chi connectivity index (χ1n) is 9.96. The molecule has 1 aliphatic heterocycles. The second kappa shape index (κ2) is 9.65. The fraction of sp³-hybridized carbons (Fsp3) is 0.571. The first-order chi connectivity index (χ1) is 13.1. The van der Waals surface area contributed by atoms with Crippen molar-refractivity contribution in [3.63, 3.8) is 0 Å². The lowest BCUT2D eigenvalue weighted by atomic mass is 9.98. The normalized spacial score (nSPS) is 17.7. The Kier molecular flexibility index (Phi) is 6.98. The lowest BCUT2D eigenvalue weighted by Gasteiger charge is -2.26. The predicted molar refractivity (Wildman–Crippen MR) is 101 cm³/mol. The molecule has 0 bridgehead atoms. The van der Waals surface area contributed by atoms with Crippen molar-refractivity contribution in [3.05, 3.63) is 35.4 Å². The van der Waals surface area contributed by atoms with Gasteiger partial charge in [0.15, 0.2) is 0 Å². The summed E-state index contributed by atoms with van der Waals surface area (Å²) in [7, 11) is 0. The summed E-state index contributed by atoms with van der Waals surface area (Å²) in [5.41, 5.74) is 1.31. The van der Waals surface area contributed by atoms with Crippen LogP contribution in [0, 0.1) is 0 Å². The van der Waals surface area contributed by atoms with Gasteiger partial charge in [0, 0.05) is 31.7 Å². The standard InChI is InChI=1S/C21H28N2O4/c24-19(22-12-6-14-27-17-8-2-1-3-9-17)11-13-23-20(25)15-16-7-4-5-10-18(16)21(23)26/h4-5,7,10,17H,1-3,6,8-9,11-15H2,(H,22,24). The third-order valence-corrected chi connectivity index (χ3v) is 5.25. The highest BCUT2D eigenvalue weighted by molar-refractivity contribution is 6.09. The summed E-state index contributed by atoms with van der Waals surface area (Å²) in [6.07, 6.45) is 7.60. The number of ether oxygens (including phenoxy) is 1. The van der Waals surface area contributed by atoms with Gasteiger partial charge in [0.1, 0.15) is 0 Å². The first-order valence-corrected chi connectivity index (χ1v) is 9.96. The van der Waals surface area contributed by atoms with Gasteiger partial charge < -0.3 is 10.1 Å². The van der Waals surface area contributed by atoms with Crippen LogP contribution in [0.15, 0.2) is 24.3 Å². The molecule has 0 spiro atoms. The van der Waals surface area contributed by atoms with Crippen molar-refractivity contribution in [1.82, 2.24) is 10.2 Å². The van der Waals surface area contributed by atoms with Gasteiger partial charge in [0.05, 0.1) is 12.5 Å². The van der Waals surface area contributed by atoms with Gasteiger partial charge in [-0.2, -0.15) is 0 Å². The van der Waals surface area contributed by atoms with Crippen LogP contribution < -0.4 is 5.32 Å². The van der Waals surface area contributed by atoms with Crippen LogP contribution in [0.2, 0.25) is 0 Å². The van der Waals surface area contributed by atoms with Crippen molar-refractivity contribution < 1.29 is 19.1 Å². The van der Waals surface area contributed by atoms with Gasteiger partial charge in [0.2, 0.25) is 11.8 Å². The number of hydrogen-bond donors (Lipinski definition) is 1. The number of rotatable bonds is 8. The molecule has 6 nitrogen and oxygen atoms in total. The molecule has 3 rings (SSSR count). The third kappa shape index (κ3) is 5.39. The van der Waals surface area contributed by atoms with Crippen LogP contribution >= 0.6 is 0 Å². The molecule has 3 amide bonds. The van der Waals surface area contributed by atoms with Crippen molar-refractivity contribution in [3.8, 4) is 0 Å². The number of carbonyl (C=O) groups is 3. The number of fused-ring (bicyclic) bond motifs is 1. The van der Waals surface area contributed by atoms with E-state index in [9.17, 15) is 14.4 Å². The molecule has 0 saturated heterocycles. The van der Waals surface area contributed by atoms with E-state index < -0.39 is 0 Å². The number of imide groups is 1. The smallest absolute Gasteiger partial charge is 0.260 e. The van der Waals surface area contributed by atoms with Crippen molar-refractivity contribution >= 4 is 17.7 Å². The SMILES string of the molecule is O=C(CCN1C(=O)Cc2ccccc2C1=O)NCCCOC1CCCCC1. The Bertz CT molecular complexity index is 683. The van der Waals surface area contributed by atoms with Crippen LogP contribution in [0.3, 0.4) is 0 Å². The number of carbonyl (C=O) groups excluding carboxylic acids is 3. The molecular formula is C21H28N2O4. The molecule has 27 heavy (non-hydrogen) atoms. The molecule has 1 heterocycles. The Labute approximate surface area is 160 Å². The monoisotopic (exact) mass is 372 g/mol. The fourth-order valence-electron chi connectivity index (χ4n) is 3.71. The van der Waals surface area contributed by atoms with Gasteiger partial charge in [-0.05, 0) is 30.9 Å². The highest BCUT2D eigenvalue weighted by atomic mass is 16.5. The predicted octanol–water partition coefficient (Wildman–Crippen LogP) is 2.46. The maximum absolute atomic E-state index is 12.4. The van der Waals surface area contributed by atoms with E-state index in [0.29, 0.717) is 24.8 Å². The Balaban J connectivity index is 1.34. The maximum Gasteiger partial charge on any atom is 0.260 e. The zero-order valence-electron chi connectivity index (χ0n) is 15.7. The quantitative estimate of drug-likeness (QED) is 0.562. The van der Waals surface area contributed by atoms with Crippen molar-refractivity contribution in [2.24, 2.45) is 0 Å². The number of nitrogens with one attached hydrogen (secondary N) is 1. The van der Waals surface area contributed by atoms with E-state index in [1.807, 2.05) is 6.07 Å². The maximum atomic E-state index is 12.4. The summed E-state index contributed by atoms with van der Waals surface area (Å²) in [5.74, 6) is -0.699. The minimum atomic E-state index is -0.310. The van der Waals surface area contributed by atoms with Crippen LogP contribution in [0.4, 0.5) is 0 Å². The van der Waals surface area contributed by atoms with Gasteiger partial charge in [-0.3, -0.25) is 19.3 Å². The van der Waals surface area contributed by atoms with Gasteiger partial charge in [-0.15, -0.1) is 0 Å². The number of nitrogens with zero attached hydrogens (tertiary/aromatic N) is 1. The van der Waals surface area contributed by atoms with E-state index in [1.165, 1.54) is 24.2 Å². The Morgan fingerprint density at radius 3 is 2.74 bits per heavy atom. The lowest BCUT2D eigenvalue weighted by molar-refractivity contribution is -0.129. The Hall–Kier alpha value is -2.21. The molecule has 146 valence electrons. The fourth-order valence-corrected chi connectivity index (χ4v) is 3.71. The number of amides is 3. The molecule has 6 heteroatoms. The van der Waals surface area contributed by atoms with E-state index in [4.69, 9.17) is 4.74 Å². The molecule has 1 aromatic rings. The minimum Gasteiger partial charge on any atom is -0.378 e. The van der Waals surface area contributed by atoms with Crippen molar-refractivity contribution in [2.45, 2.75) is 57.5 Å². The van der Waals surface area contributed by atoms with Crippen LogP contribution in [-0.4, -0.2) is 48.4 Å². The Morgan fingerprint density at radius 2 is 1.93 bits per heavy atom. The van der Waals surface area contributed by atoms with Gasteiger partial charge in [0.25, 0.3) is 5.91 Å². The van der Waals surface area contributed by atoms with Gasteiger partial charge in [-0.25, -0.2) is 0 Å².